The smallest absolute Gasteiger partial charge is 0.257 e. The van der Waals surface area contributed by atoms with E-state index in [1.165, 1.54) is 0 Å². The second-order valence-corrected chi connectivity index (χ2v) is 4.34. The number of hydrogen-bond acceptors (Lipinski definition) is 2. The van der Waals surface area contributed by atoms with E-state index in [0.717, 1.165) is 10.9 Å². The van der Waals surface area contributed by atoms with E-state index in [0.29, 0.717) is 16.2 Å². The van der Waals surface area contributed by atoms with Crippen LogP contribution in [0.15, 0.2) is 53.5 Å². The van der Waals surface area contributed by atoms with Crippen molar-refractivity contribution in [3.05, 3.63) is 64.0 Å². The molecule has 2 heterocycles. The monoisotopic (exact) mass is 256 g/mol. The van der Waals surface area contributed by atoms with E-state index < -0.39 is 0 Å². The van der Waals surface area contributed by atoms with Crippen molar-refractivity contribution in [1.29, 1.82) is 0 Å². The first kappa shape index (κ1) is 11.0. The SMILES string of the molecule is O=c1[nH]c2ncccc2cc1-c1ccccc1Cl. The summed E-state index contributed by atoms with van der Waals surface area (Å²) >= 11 is 6.11. The maximum atomic E-state index is 12.0. The molecule has 0 aliphatic rings. The van der Waals surface area contributed by atoms with Crippen LogP contribution < -0.4 is 5.56 Å². The number of H-pyrrole nitrogens is 1. The van der Waals surface area contributed by atoms with Gasteiger partial charge >= 0.3 is 0 Å². The van der Waals surface area contributed by atoms with Gasteiger partial charge in [-0.05, 0) is 24.3 Å². The zero-order valence-electron chi connectivity index (χ0n) is 9.35. The Morgan fingerprint density at radius 1 is 1.06 bits per heavy atom. The Bertz CT molecular complexity index is 780. The number of aromatic nitrogens is 2. The van der Waals surface area contributed by atoms with E-state index in [2.05, 4.69) is 9.97 Å². The number of hydrogen-bond donors (Lipinski definition) is 1. The van der Waals surface area contributed by atoms with Crippen LogP contribution in [-0.4, -0.2) is 9.97 Å². The van der Waals surface area contributed by atoms with Crippen LogP contribution in [0.3, 0.4) is 0 Å². The van der Waals surface area contributed by atoms with Crippen molar-refractivity contribution >= 4 is 22.6 Å². The first-order valence-corrected chi connectivity index (χ1v) is 5.86. The summed E-state index contributed by atoms with van der Waals surface area (Å²) < 4.78 is 0. The molecule has 0 fully saturated rings. The largest absolute Gasteiger partial charge is 0.306 e. The lowest BCUT2D eigenvalue weighted by atomic mass is 10.1. The molecule has 0 saturated carbocycles. The van der Waals surface area contributed by atoms with Gasteiger partial charge < -0.3 is 4.98 Å². The van der Waals surface area contributed by atoms with Gasteiger partial charge in [-0.25, -0.2) is 4.98 Å². The molecule has 1 N–H and O–H groups in total. The summed E-state index contributed by atoms with van der Waals surface area (Å²) in [6.07, 6.45) is 1.65. The summed E-state index contributed by atoms with van der Waals surface area (Å²) in [4.78, 5) is 18.9. The van der Waals surface area contributed by atoms with Crippen molar-refractivity contribution in [1.82, 2.24) is 9.97 Å². The van der Waals surface area contributed by atoms with Crippen molar-refractivity contribution in [2.24, 2.45) is 0 Å². The molecule has 3 nitrogen and oxygen atoms in total. The molecule has 0 spiro atoms. The van der Waals surface area contributed by atoms with Crippen LogP contribution in [0.4, 0.5) is 0 Å². The number of benzene rings is 1. The highest BCUT2D eigenvalue weighted by molar-refractivity contribution is 6.33. The first-order chi connectivity index (χ1) is 8.75. The molecule has 1 aromatic carbocycles. The third kappa shape index (κ3) is 1.79. The van der Waals surface area contributed by atoms with Crippen molar-refractivity contribution in [3.63, 3.8) is 0 Å². The van der Waals surface area contributed by atoms with Gasteiger partial charge in [0.05, 0.1) is 0 Å². The Balaban J connectivity index is 2.33. The first-order valence-electron chi connectivity index (χ1n) is 5.48. The molecule has 3 aromatic rings. The Hall–Kier alpha value is -2.13. The lowest BCUT2D eigenvalue weighted by Crippen LogP contribution is -2.09. The summed E-state index contributed by atoms with van der Waals surface area (Å²) in [5, 5.41) is 1.44. The number of aromatic amines is 1. The highest BCUT2D eigenvalue weighted by Crippen LogP contribution is 2.26. The molecule has 0 atom stereocenters. The van der Waals surface area contributed by atoms with Gasteiger partial charge in [0.1, 0.15) is 5.65 Å². The number of nitrogens with one attached hydrogen (secondary N) is 1. The second-order valence-electron chi connectivity index (χ2n) is 3.93. The fourth-order valence-electron chi connectivity index (χ4n) is 1.91. The van der Waals surface area contributed by atoms with Crippen molar-refractivity contribution < 1.29 is 0 Å². The van der Waals surface area contributed by atoms with Crippen LogP contribution in [0.2, 0.25) is 5.02 Å². The molecule has 88 valence electrons. The summed E-state index contributed by atoms with van der Waals surface area (Å²) in [6.45, 7) is 0. The lowest BCUT2D eigenvalue weighted by molar-refractivity contribution is 1.23. The Kier molecular flexibility index (Phi) is 2.61. The van der Waals surface area contributed by atoms with Gasteiger partial charge in [0.15, 0.2) is 0 Å². The van der Waals surface area contributed by atoms with Crippen LogP contribution in [0.5, 0.6) is 0 Å². The van der Waals surface area contributed by atoms with Gasteiger partial charge in [0, 0.05) is 27.7 Å². The maximum absolute atomic E-state index is 12.0. The zero-order valence-corrected chi connectivity index (χ0v) is 10.1. The molecule has 0 amide bonds. The molecule has 0 radical (unpaired) electrons. The summed E-state index contributed by atoms with van der Waals surface area (Å²) in [7, 11) is 0. The standard InChI is InChI=1S/C14H9ClN2O/c15-12-6-2-1-5-10(12)11-8-9-4-3-7-16-13(9)17-14(11)18/h1-8H,(H,16,17,18). The number of fused-ring (bicyclic) bond motifs is 1. The van der Waals surface area contributed by atoms with Crippen LogP contribution in [-0.2, 0) is 0 Å². The highest BCUT2D eigenvalue weighted by atomic mass is 35.5. The van der Waals surface area contributed by atoms with E-state index in [1.54, 1.807) is 12.3 Å². The van der Waals surface area contributed by atoms with Gasteiger partial charge in [-0.3, -0.25) is 4.79 Å². The predicted molar refractivity (Wildman–Crippen MR) is 72.8 cm³/mol. The number of nitrogens with zero attached hydrogens (tertiary/aromatic N) is 1. The Morgan fingerprint density at radius 3 is 2.72 bits per heavy atom. The van der Waals surface area contributed by atoms with Crippen molar-refractivity contribution in [3.8, 4) is 11.1 Å². The van der Waals surface area contributed by atoms with E-state index in [9.17, 15) is 4.79 Å². The van der Waals surface area contributed by atoms with Gasteiger partial charge in [0.2, 0.25) is 0 Å². The summed E-state index contributed by atoms with van der Waals surface area (Å²) in [6, 6.07) is 12.8. The molecular formula is C14H9ClN2O. The van der Waals surface area contributed by atoms with Gasteiger partial charge in [-0.1, -0.05) is 29.8 Å². The minimum absolute atomic E-state index is 0.186. The van der Waals surface area contributed by atoms with Gasteiger partial charge in [0.25, 0.3) is 5.56 Å². The molecular weight excluding hydrogens is 248 g/mol. The number of pyridine rings is 2. The number of halogens is 1. The molecule has 0 bridgehead atoms. The predicted octanol–water partition coefficient (Wildman–Crippen LogP) is 3.24. The average Bonchev–Trinajstić information content (AvgIpc) is 2.39. The Morgan fingerprint density at radius 2 is 1.89 bits per heavy atom. The highest BCUT2D eigenvalue weighted by Gasteiger charge is 2.08. The molecule has 0 saturated heterocycles. The molecule has 18 heavy (non-hydrogen) atoms. The Labute approximate surface area is 108 Å². The van der Waals surface area contributed by atoms with Crippen molar-refractivity contribution in [2.45, 2.75) is 0 Å². The van der Waals surface area contributed by atoms with Gasteiger partial charge in [-0.2, -0.15) is 0 Å². The molecule has 2 aromatic heterocycles. The van der Waals surface area contributed by atoms with Crippen molar-refractivity contribution in [2.75, 3.05) is 0 Å². The van der Waals surface area contributed by atoms with Crippen LogP contribution in [0.25, 0.3) is 22.2 Å². The third-order valence-electron chi connectivity index (χ3n) is 2.78. The average molecular weight is 257 g/mol. The normalized spacial score (nSPS) is 10.7. The molecule has 3 rings (SSSR count). The summed E-state index contributed by atoms with van der Waals surface area (Å²) in [5.74, 6) is 0. The van der Waals surface area contributed by atoms with Crippen LogP contribution in [0.1, 0.15) is 0 Å². The molecule has 0 unspecified atom stereocenters. The fourth-order valence-corrected chi connectivity index (χ4v) is 2.15. The van der Waals surface area contributed by atoms with E-state index in [1.807, 2.05) is 36.4 Å². The molecule has 0 aliphatic heterocycles. The zero-order chi connectivity index (χ0) is 12.5. The fraction of sp³-hybridized carbons (Fsp3) is 0. The van der Waals surface area contributed by atoms with E-state index in [-0.39, 0.29) is 5.56 Å². The molecule has 0 aliphatic carbocycles. The van der Waals surface area contributed by atoms with Crippen LogP contribution in [0, 0.1) is 0 Å². The third-order valence-corrected chi connectivity index (χ3v) is 3.11. The minimum atomic E-state index is -0.186. The minimum Gasteiger partial charge on any atom is -0.306 e. The molecule has 4 heteroatoms. The topological polar surface area (TPSA) is 45.8 Å². The van der Waals surface area contributed by atoms with E-state index >= 15 is 0 Å². The van der Waals surface area contributed by atoms with E-state index in [4.69, 9.17) is 11.6 Å². The summed E-state index contributed by atoms with van der Waals surface area (Å²) in [5.41, 5.74) is 1.68. The maximum Gasteiger partial charge on any atom is 0.257 e. The quantitative estimate of drug-likeness (QED) is 0.726. The van der Waals surface area contributed by atoms with Gasteiger partial charge in [-0.15, -0.1) is 0 Å². The number of rotatable bonds is 1. The van der Waals surface area contributed by atoms with Crippen LogP contribution >= 0.6 is 11.6 Å². The second kappa shape index (κ2) is 4.27. The lowest BCUT2D eigenvalue weighted by Gasteiger charge is -2.04.